The molecule has 1 amide bonds. The van der Waals surface area contributed by atoms with Crippen LogP contribution in [0, 0.1) is 0 Å². The minimum Gasteiger partial charge on any atom is -0.476 e. The van der Waals surface area contributed by atoms with Crippen molar-refractivity contribution in [1.29, 1.82) is 0 Å². The van der Waals surface area contributed by atoms with Crippen molar-refractivity contribution in [3.63, 3.8) is 0 Å². The largest absolute Gasteiger partial charge is 0.476 e. The zero-order valence-corrected chi connectivity index (χ0v) is 11.5. The first kappa shape index (κ1) is 13.8. The van der Waals surface area contributed by atoms with Crippen LogP contribution in [0.1, 0.15) is 20.8 Å². The zero-order valence-electron chi connectivity index (χ0n) is 9.18. The Morgan fingerprint density at radius 3 is 2.68 bits per heavy atom. The molecule has 0 spiro atoms. The average Bonchev–Trinajstić information content (AvgIpc) is 2.69. The predicted molar refractivity (Wildman–Crippen MR) is 73.5 cm³/mol. The summed E-state index contributed by atoms with van der Waals surface area (Å²) < 4.78 is 0.614. The van der Waals surface area contributed by atoms with Crippen molar-refractivity contribution < 1.29 is 14.7 Å². The molecule has 19 heavy (non-hydrogen) atoms. The van der Waals surface area contributed by atoms with Crippen molar-refractivity contribution in [3.05, 3.63) is 44.3 Å². The summed E-state index contributed by atoms with van der Waals surface area (Å²) in [6, 6.07) is 4.38. The highest BCUT2D eigenvalue weighted by Crippen LogP contribution is 2.31. The SMILES string of the molecule is O=C(Nc1cccnc1C(=O)O)c1cc(Cl)sc1Cl. The van der Waals surface area contributed by atoms with E-state index in [1.807, 2.05) is 0 Å². The van der Waals surface area contributed by atoms with E-state index < -0.39 is 11.9 Å². The maximum Gasteiger partial charge on any atom is 0.356 e. The smallest absolute Gasteiger partial charge is 0.356 e. The third-order valence-corrected chi connectivity index (χ3v) is 3.65. The minimum absolute atomic E-state index is 0.0957. The fraction of sp³-hybridized carbons (Fsp3) is 0. The van der Waals surface area contributed by atoms with E-state index in [0.717, 1.165) is 11.3 Å². The molecule has 0 aliphatic heterocycles. The molecule has 8 heteroatoms. The fourth-order valence-corrected chi connectivity index (χ4v) is 2.82. The number of nitrogens with zero attached hydrogens (tertiary/aromatic N) is 1. The standard InChI is InChI=1S/C11H6Cl2N2O3S/c12-7-4-5(9(13)19-7)10(16)15-6-2-1-3-14-8(6)11(17)18/h1-4H,(H,15,16)(H,17,18). The van der Waals surface area contributed by atoms with Gasteiger partial charge in [-0.3, -0.25) is 4.79 Å². The van der Waals surface area contributed by atoms with E-state index >= 15 is 0 Å². The molecule has 2 rings (SSSR count). The van der Waals surface area contributed by atoms with Gasteiger partial charge in [-0.05, 0) is 18.2 Å². The minimum atomic E-state index is -1.23. The fourth-order valence-electron chi connectivity index (χ4n) is 1.36. The number of hydrogen-bond acceptors (Lipinski definition) is 4. The van der Waals surface area contributed by atoms with Gasteiger partial charge in [0.15, 0.2) is 5.69 Å². The lowest BCUT2D eigenvalue weighted by molar-refractivity contribution is 0.0692. The van der Waals surface area contributed by atoms with Crippen LogP contribution in [0.4, 0.5) is 5.69 Å². The van der Waals surface area contributed by atoms with Crippen molar-refractivity contribution >= 4 is 52.1 Å². The molecule has 0 fully saturated rings. The lowest BCUT2D eigenvalue weighted by atomic mass is 10.2. The summed E-state index contributed by atoms with van der Waals surface area (Å²) in [5.41, 5.74) is 0.0450. The van der Waals surface area contributed by atoms with Gasteiger partial charge in [0.25, 0.3) is 5.91 Å². The predicted octanol–water partition coefficient (Wildman–Crippen LogP) is 3.40. The molecule has 5 nitrogen and oxygen atoms in total. The maximum atomic E-state index is 12.0. The zero-order chi connectivity index (χ0) is 14.0. The normalized spacial score (nSPS) is 10.2. The molecule has 0 aromatic carbocycles. The first-order valence-corrected chi connectivity index (χ1v) is 6.50. The summed E-state index contributed by atoms with van der Waals surface area (Å²) >= 11 is 12.6. The molecule has 0 saturated carbocycles. The summed E-state index contributed by atoms with van der Waals surface area (Å²) in [7, 11) is 0. The number of thiophene rings is 1. The van der Waals surface area contributed by atoms with E-state index in [1.165, 1.54) is 24.4 Å². The van der Waals surface area contributed by atoms with Crippen LogP contribution in [-0.2, 0) is 0 Å². The number of aromatic carboxylic acids is 1. The third-order valence-electron chi connectivity index (χ3n) is 2.16. The topological polar surface area (TPSA) is 79.3 Å². The summed E-state index contributed by atoms with van der Waals surface area (Å²) in [6.45, 7) is 0. The van der Waals surface area contributed by atoms with Crippen LogP contribution >= 0.6 is 34.5 Å². The van der Waals surface area contributed by atoms with Gasteiger partial charge >= 0.3 is 5.97 Å². The number of pyridine rings is 1. The Morgan fingerprint density at radius 2 is 2.11 bits per heavy atom. The first-order valence-electron chi connectivity index (χ1n) is 4.93. The number of rotatable bonds is 3. The number of carboxylic acids is 1. The molecule has 0 aliphatic rings. The second kappa shape index (κ2) is 5.56. The van der Waals surface area contributed by atoms with E-state index in [9.17, 15) is 9.59 Å². The van der Waals surface area contributed by atoms with Crippen LogP contribution in [0.3, 0.4) is 0 Å². The number of halogens is 2. The van der Waals surface area contributed by atoms with Crippen molar-refractivity contribution in [2.75, 3.05) is 5.32 Å². The highest BCUT2D eigenvalue weighted by molar-refractivity contribution is 7.20. The van der Waals surface area contributed by atoms with E-state index in [2.05, 4.69) is 10.3 Å². The number of anilines is 1. The molecular weight excluding hydrogens is 311 g/mol. The molecule has 0 saturated heterocycles. The molecule has 0 bridgehead atoms. The average molecular weight is 317 g/mol. The van der Waals surface area contributed by atoms with E-state index in [1.54, 1.807) is 0 Å². The molecule has 0 aliphatic carbocycles. The van der Waals surface area contributed by atoms with Gasteiger partial charge in [-0.15, -0.1) is 11.3 Å². The summed E-state index contributed by atoms with van der Waals surface area (Å²) in [4.78, 5) is 26.6. The van der Waals surface area contributed by atoms with Crippen LogP contribution in [0.2, 0.25) is 8.67 Å². The van der Waals surface area contributed by atoms with Crippen molar-refractivity contribution in [2.24, 2.45) is 0 Å². The van der Waals surface area contributed by atoms with Crippen molar-refractivity contribution in [2.45, 2.75) is 0 Å². The second-order valence-corrected chi connectivity index (χ2v) is 5.68. The van der Waals surface area contributed by atoms with Gasteiger partial charge < -0.3 is 10.4 Å². The number of amides is 1. The van der Waals surface area contributed by atoms with Crippen molar-refractivity contribution in [1.82, 2.24) is 4.98 Å². The Hall–Kier alpha value is -1.63. The van der Waals surface area contributed by atoms with Crippen LogP contribution in [-0.4, -0.2) is 22.0 Å². The Balaban J connectivity index is 2.29. The van der Waals surface area contributed by atoms with E-state index in [-0.39, 0.29) is 21.3 Å². The van der Waals surface area contributed by atoms with Crippen LogP contribution in [0.15, 0.2) is 24.4 Å². The Bertz CT molecular complexity index is 657. The molecule has 0 atom stereocenters. The highest BCUT2D eigenvalue weighted by atomic mass is 35.5. The molecular formula is C11H6Cl2N2O3S. The highest BCUT2D eigenvalue weighted by Gasteiger charge is 2.18. The maximum absolute atomic E-state index is 12.0. The number of carboxylic acid groups (broad SMARTS) is 1. The lowest BCUT2D eigenvalue weighted by Gasteiger charge is -2.06. The van der Waals surface area contributed by atoms with Gasteiger partial charge in [0.05, 0.1) is 15.6 Å². The summed E-state index contributed by atoms with van der Waals surface area (Å²) in [5.74, 6) is -1.77. The number of carbonyl (C=O) groups excluding carboxylic acids is 1. The molecule has 0 radical (unpaired) electrons. The van der Waals surface area contributed by atoms with Crippen molar-refractivity contribution in [3.8, 4) is 0 Å². The number of aromatic nitrogens is 1. The van der Waals surface area contributed by atoms with Gasteiger partial charge in [0.2, 0.25) is 0 Å². The molecule has 0 unspecified atom stereocenters. The number of carbonyl (C=O) groups is 2. The van der Waals surface area contributed by atoms with Crippen LogP contribution < -0.4 is 5.32 Å². The van der Waals surface area contributed by atoms with Gasteiger partial charge in [0, 0.05) is 6.20 Å². The Kier molecular flexibility index (Phi) is 4.04. The summed E-state index contributed by atoms with van der Waals surface area (Å²) in [5, 5.41) is 11.4. The summed E-state index contributed by atoms with van der Waals surface area (Å²) in [6.07, 6.45) is 1.33. The number of nitrogens with one attached hydrogen (secondary N) is 1. The molecule has 2 aromatic heterocycles. The molecule has 2 aromatic rings. The lowest BCUT2D eigenvalue weighted by Crippen LogP contribution is -2.15. The monoisotopic (exact) mass is 316 g/mol. The van der Waals surface area contributed by atoms with Gasteiger partial charge in [0.1, 0.15) is 4.34 Å². The number of hydrogen-bond donors (Lipinski definition) is 2. The van der Waals surface area contributed by atoms with Gasteiger partial charge in [-0.25, -0.2) is 9.78 Å². The molecule has 2 N–H and O–H groups in total. The Labute approximate surface area is 121 Å². The van der Waals surface area contributed by atoms with E-state index in [4.69, 9.17) is 28.3 Å². The third kappa shape index (κ3) is 3.04. The molecule has 98 valence electrons. The quantitative estimate of drug-likeness (QED) is 0.909. The van der Waals surface area contributed by atoms with Gasteiger partial charge in [-0.2, -0.15) is 0 Å². The van der Waals surface area contributed by atoms with Crippen LogP contribution in [0.5, 0.6) is 0 Å². The Morgan fingerprint density at radius 1 is 1.37 bits per heavy atom. The van der Waals surface area contributed by atoms with E-state index in [0.29, 0.717) is 4.34 Å². The van der Waals surface area contributed by atoms with Gasteiger partial charge in [-0.1, -0.05) is 23.2 Å². The second-order valence-electron chi connectivity index (χ2n) is 3.40. The first-order chi connectivity index (χ1) is 8.99. The molecule has 2 heterocycles. The van der Waals surface area contributed by atoms with Crippen LogP contribution in [0.25, 0.3) is 0 Å².